The van der Waals surface area contributed by atoms with Crippen LogP contribution < -0.4 is 11.1 Å². The lowest BCUT2D eigenvalue weighted by Gasteiger charge is -2.34. The molecule has 0 spiro atoms. The average molecular weight is 426 g/mol. The molecule has 7 heteroatoms. The molecule has 158 valence electrons. The van der Waals surface area contributed by atoms with Crippen LogP contribution in [0.5, 0.6) is 0 Å². The zero-order valence-corrected chi connectivity index (χ0v) is 18.0. The second-order valence-corrected chi connectivity index (χ2v) is 9.24. The van der Waals surface area contributed by atoms with E-state index < -0.39 is 5.91 Å². The Morgan fingerprint density at radius 2 is 1.83 bits per heavy atom. The van der Waals surface area contributed by atoms with Crippen LogP contribution in [0, 0.1) is 5.92 Å². The van der Waals surface area contributed by atoms with Gasteiger partial charge in [0.15, 0.2) is 5.78 Å². The van der Waals surface area contributed by atoms with E-state index in [1.165, 1.54) is 11.3 Å². The molecule has 1 aliphatic carbocycles. The quantitative estimate of drug-likeness (QED) is 0.695. The van der Waals surface area contributed by atoms with Crippen molar-refractivity contribution < 1.29 is 14.4 Å². The molecule has 6 nitrogen and oxygen atoms in total. The molecule has 1 atom stereocenters. The first kappa shape index (κ1) is 20.8. The molecule has 2 amide bonds. The van der Waals surface area contributed by atoms with Gasteiger partial charge in [-0.15, -0.1) is 11.3 Å². The molecule has 0 bridgehead atoms. The molecular weight excluding hydrogens is 398 g/mol. The highest BCUT2D eigenvalue weighted by molar-refractivity contribution is 7.17. The Kier molecular flexibility index (Phi) is 6.01. The second kappa shape index (κ2) is 8.70. The lowest BCUT2D eigenvalue weighted by Crippen LogP contribution is -2.47. The number of hydrogen-bond acceptors (Lipinski definition) is 5. The van der Waals surface area contributed by atoms with Gasteiger partial charge in [0.05, 0.1) is 11.6 Å². The first-order valence-electron chi connectivity index (χ1n) is 10.5. The molecule has 2 heterocycles. The Bertz CT molecular complexity index is 962. The molecule has 30 heavy (non-hydrogen) atoms. The van der Waals surface area contributed by atoms with Gasteiger partial charge in [-0.1, -0.05) is 30.3 Å². The largest absolute Gasteiger partial charge is 0.365 e. The van der Waals surface area contributed by atoms with Gasteiger partial charge in [-0.25, -0.2) is 0 Å². The van der Waals surface area contributed by atoms with Gasteiger partial charge in [0.1, 0.15) is 5.00 Å². The van der Waals surface area contributed by atoms with Gasteiger partial charge in [-0.3, -0.25) is 19.3 Å². The number of anilines is 1. The zero-order chi connectivity index (χ0) is 21.3. The molecule has 0 saturated carbocycles. The van der Waals surface area contributed by atoms with Gasteiger partial charge >= 0.3 is 0 Å². The van der Waals surface area contributed by atoms with Crippen LogP contribution in [-0.2, 0) is 17.6 Å². The first-order chi connectivity index (χ1) is 14.5. The van der Waals surface area contributed by atoms with Crippen LogP contribution in [0.2, 0.25) is 0 Å². The predicted molar refractivity (Wildman–Crippen MR) is 118 cm³/mol. The third kappa shape index (κ3) is 4.04. The fourth-order valence-electron chi connectivity index (χ4n) is 4.52. The number of carbonyl (C=O) groups is 3. The van der Waals surface area contributed by atoms with Crippen LogP contribution in [0.4, 0.5) is 5.00 Å². The summed E-state index contributed by atoms with van der Waals surface area (Å²) in [6.45, 7) is 3.27. The topological polar surface area (TPSA) is 92.5 Å². The van der Waals surface area contributed by atoms with E-state index in [2.05, 4.69) is 10.2 Å². The monoisotopic (exact) mass is 425 g/mol. The summed E-state index contributed by atoms with van der Waals surface area (Å²) in [5.41, 5.74) is 7.84. The number of carbonyl (C=O) groups excluding carboxylic acids is 3. The summed E-state index contributed by atoms with van der Waals surface area (Å²) >= 11 is 1.48. The van der Waals surface area contributed by atoms with Crippen molar-refractivity contribution in [3.63, 3.8) is 0 Å². The van der Waals surface area contributed by atoms with E-state index in [1.54, 1.807) is 0 Å². The van der Waals surface area contributed by atoms with Crippen LogP contribution >= 0.6 is 11.3 Å². The summed E-state index contributed by atoms with van der Waals surface area (Å²) in [4.78, 5) is 40.8. The molecule has 0 radical (unpaired) electrons. The van der Waals surface area contributed by atoms with Gasteiger partial charge < -0.3 is 11.1 Å². The van der Waals surface area contributed by atoms with Crippen molar-refractivity contribution in [1.29, 1.82) is 0 Å². The van der Waals surface area contributed by atoms with Crippen LogP contribution in [0.25, 0.3) is 0 Å². The van der Waals surface area contributed by atoms with Gasteiger partial charge in [-0.05, 0) is 57.7 Å². The van der Waals surface area contributed by atoms with Crippen LogP contribution in [0.3, 0.4) is 0 Å². The smallest absolute Gasteiger partial charge is 0.251 e. The maximum Gasteiger partial charge on any atom is 0.251 e. The van der Waals surface area contributed by atoms with Crippen molar-refractivity contribution in [3.8, 4) is 0 Å². The van der Waals surface area contributed by atoms with E-state index >= 15 is 0 Å². The van der Waals surface area contributed by atoms with E-state index in [0.29, 0.717) is 23.7 Å². The normalized spacial score (nSPS) is 18.0. The van der Waals surface area contributed by atoms with Gasteiger partial charge in [-0.2, -0.15) is 0 Å². The van der Waals surface area contributed by atoms with Crippen molar-refractivity contribution in [2.45, 2.75) is 45.1 Å². The summed E-state index contributed by atoms with van der Waals surface area (Å²) in [6, 6.07) is 9.06. The lowest BCUT2D eigenvalue weighted by molar-refractivity contribution is -0.121. The molecular formula is C23H27N3O3S. The Labute approximate surface area is 180 Å². The molecule has 3 N–H and O–H groups in total. The fraction of sp³-hybridized carbons (Fsp3) is 0.435. The molecule has 1 aliphatic heterocycles. The number of primary amides is 1. The number of likely N-dealkylation sites (tertiary alicyclic amines) is 1. The third-order valence-corrected chi connectivity index (χ3v) is 7.50. The molecule has 2 aromatic rings. The van der Waals surface area contributed by atoms with Gasteiger partial charge in [0.2, 0.25) is 5.91 Å². The van der Waals surface area contributed by atoms with Crippen molar-refractivity contribution in [2.75, 3.05) is 18.4 Å². The SMILES string of the molecule is CC(C(=O)Nc1sc2c(c1C(N)=O)CCC2)N1CCC(C(=O)c2ccccc2)CC1. The maximum atomic E-state index is 12.9. The number of piperidine rings is 1. The zero-order valence-electron chi connectivity index (χ0n) is 17.1. The van der Waals surface area contributed by atoms with Crippen LogP contribution in [0.15, 0.2) is 30.3 Å². The number of nitrogens with zero attached hydrogens (tertiary/aromatic N) is 1. The van der Waals surface area contributed by atoms with E-state index in [4.69, 9.17) is 5.73 Å². The highest BCUT2D eigenvalue weighted by Gasteiger charge is 2.32. The van der Waals surface area contributed by atoms with Gasteiger partial charge in [0, 0.05) is 16.4 Å². The Morgan fingerprint density at radius 1 is 1.13 bits per heavy atom. The number of thiophene rings is 1. The van der Waals surface area contributed by atoms with Crippen molar-refractivity contribution >= 4 is 33.9 Å². The highest BCUT2D eigenvalue weighted by atomic mass is 32.1. The predicted octanol–water partition coefficient (Wildman–Crippen LogP) is 3.26. The molecule has 4 rings (SSSR count). The third-order valence-electron chi connectivity index (χ3n) is 6.29. The highest BCUT2D eigenvalue weighted by Crippen LogP contribution is 2.39. The molecule has 1 aromatic carbocycles. The second-order valence-electron chi connectivity index (χ2n) is 8.13. The molecule has 1 aromatic heterocycles. The first-order valence-corrected chi connectivity index (χ1v) is 11.4. The lowest BCUT2D eigenvalue weighted by atomic mass is 9.88. The number of benzene rings is 1. The number of Topliss-reactive ketones (excluding diaryl/α,β-unsaturated/α-hetero) is 1. The standard InChI is InChI=1S/C23H27N3O3S/c1-14(22(29)25-23-19(21(24)28)17-8-5-9-18(17)30-23)26-12-10-16(11-13-26)20(27)15-6-3-2-4-7-15/h2-4,6-7,14,16H,5,8-13H2,1H3,(H2,24,28)(H,25,29). The summed E-state index contributed by atoms with van der Waals surface area (Å²) in [5, 5.41) is 3.53. The fourth-order valence-corrected chi connectivity index (χ4v) is 5.82. The van der Waals surface area contributed by atoms with E-state index in [1.807, 2.05) is 37.3 Å². The molecule has 1 saturated heterocycles. The molecule has 1 fully saturated rings. The Hall–Kier alpha value is -2.51. The minimum Gasteiger partial charge on any atom is -0.365 e. The van der Waals surface area contributed by atoms with E-state index in [-0.39, 0.29) is 23.7 Å². The summed E-state index contributed by atoms with van der Waals surface area (Å²) in [5.74, 6) is -0.421. The Morgan fingerprint density at radius 3 is 2.50 bits per heavy atom. The number of amides is 2. The number of hydrogen-bond donors (Lipinski definition) is 2. The Balaban J connectivity index is 1.37. The number of aryl methyl sites for hydroxylation is 1. The van der Waals surface area contributed by atoms with Gasteiger partial charge in [0.25, 0.3) is 5.91 Å². The van der Waals surface area contributed by atoms with Crippen molar-refractivity contribution in [1.82, 2.24) is 4.90 Å². The van der Waals surface area contributed by atoms with Crippen molar-refractivity contribution in [2.24, 2.45) is 11.7 Å². The van der Waals surface area contributed by atoms with E-state index in [0.717, 1.165) is 48.1 Å². The average Bonchev–Trinajstić information content (AvgIpc) is 3.34. The molecule has 1 unspecified atom stereocenters. The number of fused-ring (bicyclic) bond motifs is 1. The number of rotatable bonds is 6. The summed E-state index contributed by atoms with van der Waals surface area (Å²) < 4.78 is 0. The van der Waals surface area contributed by atoms with Crippen molar-refractivity contribution in [3.05, 3.63) is 51.9 Å². The van der Waals surface area contributed by atoms with E-state index in [9.17, 15) is 14.4 Å². The molecule has 2 aliphatic rings. The van der Waals surface area contributed by atoms with Crippen LogP contribution in [0.1, 0.15) is 57.3 Å². The minimum absolute atomic E-state index is 0.000598. The maximum absolute atomic E-state index is 12.9. The number of ketones is 1. The summed E-state index contributed by atoms with van der Waals surface area (Å²) in [7, 11) is 0. The number of nitrogens with one attached hydrogen (secondary N) is 1. The van der Waals surface area contributed by atoms with Crippen LogP contribution in [-0.4, -0.2) is 41.6 Å². The number of nitrogens with two attached hydrogens (primary N) is 1. The summed E-state index contributed by atoms with van der Waals surface area (Å²) in [6.07, 6.45) is 4.30. The minimum atomic E-state index is -0.474.